The van der Waals surface area contributed by atoms with Crippen LogP contribution in [-0.2, 0) is 4.74 Å². The van der Waals surface area contributed by atoms with Crippen LogP contribution >= 0.6 is 0 Å². The van der Waals surface area contributed by atoms with E-state index in [1.165, 1.54) is 12.1 Å². The molecule has 10 nitrogen and oxygen atoms in total. The Balaban J connectivity index is 1.79. The van der Waals surface area contributed by atoms with Gasteiger partial charge >= 0.3 is 0 Å². The minimum atomic E-state index is -1.77. The zero-order chi connectivity index (χ0) is 22.6. The van der Waals surface area contributed by atoms with Crippen molar-refractivity contribution in [3.63, 3.8) is 0 Å². The largest absolute Gasteiger partial charge is 0.508 e. The minimum Gasteiger partial charge on any atom is -0.508 e. The molecule has 1 saturated heterocycles. The quantitative estimate of drug-likeness (QED) is 0.312. The molecule has 6 N–H and O–H groups in total. The summed E-state index contributed by atoms with van der Waals surface area (Å²) in [6.45, 7) is 0.949. The van der Waals surface area contributed by atoms with Gasteiger partial charge in [0.1, 0.15) is 41.7 Å². The van der Waals surface area contributed by atoms with Crippen molar-refractivity contribution < 1.29 is 49.7 Å². The van der Waals surface area contributed by atoms with Crippen molar-refractivity contribution in [1.82, 2.24) is 0 Å². The lowest BCUT2D eigenvalue weighted by atomic mass is 9.82. The summed E-state index contributed by atoms with van der Waals surface area (Å²) in [6, 6.07) is 4.87. The van der Waals surface area contributed by atoms with Crippen LogP contribution < -0.4 is 4.74 Å². The SMILES string of the molecule is Cc1cc(O)c2c(c1)C(=O)c1cc(O)cc(O[C@H]3O[C@@H](CO)[C@@H](O)[C@@H](O)[C@@H]3O)c1C2=O. The standard InChI is InChI=1S/C21H20O10/c1-7-2-9-14(11(24)3-7)18(27)15-10(16(9)25)4-8(23)5-12(15)30-21-20(29)19(28)17(26)13(6-22)31-21/h2-5,13,17,19-24,26,28-29H,6H2,1H3/t13-,17+,19+,20-,21-/m0/s1. The van der Waals surface area contributed by atoms with Crippen molar-refractivity contribution in [2.45, 2.75) is 37.6 Å². The lowest BCUT2D eigenvalue weighted by Crippen LogP contribution is -2.60. The topological polar surface area (TPSA) is 174 Å². The highest BCUT2D eigenvalue weighted by Crippen LogP contribution is 2.40. The molecule has 0 radical (unpaired) electrons. The number of benzene rings is 2. The van der Waals surface area contributed by atoms with Gasteiger partial charge in [-0.05, 0) is 30.7 Å². The first-order chi connectivity index (χ1) is 14.6. The average Bonchev–Trinajstić information content (AvgIpc) is 2.71. The first-order valence-corrected chi connectivity index (χ1v) is 9.41. The summed E-state index contributed by atoms with van der Waals surface area (Å²) in [7, 11) is 0. The van der Waals surface area contributed by atoms with Crippen LogP contribution in [0.4, 0.5) is 0 Å². The van der Waals surface area contributed by atoms with Gasteiger partial charge in [0.2, 0.25) is 12.1 Å². The maximum absolute atomic E-state index is 13.2. The van der Waals surface area contributed by atoms with Gasteiger partial charge in [-0.1, -0.05) is 0 Å². The molecule has 10 heteroatoms. The van der Waals surface area contributed by atoms with Crippen molar-refractivity contribution in [2.75, 3.05) is 6.61 Å². The number of aromatic hydroxyl groups is 2. The van der Waals surface area contributed by atoms with Gasteiger partial charge in [0.05, 0.1) is 17.7 Å². The van der Waals surface area contributed by atoms with E-state index in [9.17, 15) is 40.2 Å². The lowest BCUT2D eigenvalue weighted by Gasteiger charge is -2.39. The Morgan fingerprint density at radius 3 is 2.26 bits per heavy atom. The van der Waals surface area contributed by atoms with Gasteiger partial charge in [-0.15, -0.1) is 0 Å². The first-order valence-electron chi connectivity index (χ1n) is 9.41. The third-order valence-electron chi connectivity index (χ3n) is 5.38. The Hall–Kier alpha value is -3.02. The Bertz CT molecular complexity index is 1080. The van der Waals surface area contributed by atoms with Gasteiger partial charge in [-0.25, -0.2) is 0 Å². The highest BCUT2D eigenvalue weighted by atomic mass is 16.7. The van der Waals surface area contributed by atoms with Gasteiger partial charge in [-0.2, -0.15) is 0 Å². The van der Waals surface area contributed by atoms with Crippen molar-refractivity contribution in [1.29, 1.82) is 0 Å². The molecule has 0 spiro atoms. The van der Waals surface area contributed by atoms with Crippen LogP contribution in [0.15, 0.2) is 24.3 Å². The number of phenolic OH excluding ortho intramolecular Hbond substituents is 2. The molecule has 0 amide bonds. The number of carbonyl (C=O) groups is 2. The number of aryl methyl sites for hydroxylation is 1. The molecule has 1 fully saturated rings. The molecule has 0 unspecified atom stereocenters. The van der Waals surface area contributed by atoms with E-state index in [0.29, 0.717) is 5.56 Å². The second-order valence-corrected chi connectivity index (χ2v) is 7.55. The fraction of sp³-hybridized carbons (Fsp3) is 0.333. The van der Waals surface area contributed by atoms with Crippen molar-refractivity contribution in [3.05, 3.63) is 52.1 Å². The van der Waals surface area contributed by atoms with Gasteiger partial charge in [-0.3, -0.25) is 9.59 Å². The average molecular weight is 432 g/mol. The predicted octanol–water partition coefficient (Wildman–Crippen LogP) is -0.640. The number of rotatable bonds is 3. The summed E-state index contributed by atoms with van der Waals surface area (Å²) in [5.41, 5.74) is -0.154. The number of ketones is 2. The molecule has 0 bridgehead atoms. The third kappa shape index (κ3) is 3.34. The molecular weight excluding hydrogens is 412 g/mol. The highest BCUT2D eigenvalue weighted by Gasteiger charge is 2.45. The zero-order valence-electron chi connectivity index (χ0n) is 16.2. The van der Waals surface area contributed by atoms with Gasteiger partial charge < -0.3 is 40.1 Å². The molecule has 0 aromatic heterocycles. The van der Waals surface area contributed by atoms with E-state index in [1.54, 1.807) is 6.92 Å². The van der Waals surface area contributed by atoms with E-state index in [4.69, 9.17) is 9.47 Å². The summed E-state index contributed by atoms with van der Waals surface area (Å²) >= 11 is 0. The maximum Gasteiger partial charge on any atom is 0.229 e. The minimum absolute atomic E-state index is 0.0283. The zero-order valence-corrected chi connectivity index (χ0v) is 16.2. The van der Waals surface area contributed by atoms with Crippen LogP contribution in [0.2, 0.25) is 0 Å². The third-order valence-corrected chi connectivity index (χ3v) is 5.38. The fourth-order valence-corrected chi connectivity index (χ4v) is 3.85. The number of hydrogen-bond donors (Lipinski definition) is 6. The molecule has 31 heavy (non-hydrogen) atoms. The van der Waals surface area contributed by atoms with E-state index in [1.807, 2.05) is 0 Å². The van der Waals surface area contributed by atoms with Crippen LogP contribution in [0.1, 0.15) is 37.4 Å². The second kappa shape index (κ2) is 7.59. The Kier molecular flexibility index (Phi) is 5.20. The van der Waals surface area contributed by atoms with Gasteiger partial charge in [0, 0.05) is 17.2 Å². The van der Waals surface area contributed by atoms with Crippen molar-refractivity contribution in [2.24, 2.45) is 0 Å². The summed E-state index contributed by atoms with van der Waals surface area (Å²) in [4.78, 5) is 26.2. The molecule has 164 valence electrons. The molecule has 0 saturated carbocycles. The van der Waals surface area contributed by atoms with Crippen LogP contribution in [0.3, 0.4) is 0 Å². The number of phenols is 2. The van der Waals surface area contributed by atoms with Crippen molar-refractivity contribution in [3.8, 4) is 17.2 Å². The fourth-order valence-electron chi connectivity index (χ4n) is 3.85. The van der Waals surface area contributed by atoms with Crippen LogP contribution in [0.5, 0.6) is 17.2 Å². The van der Waals surface area contributed by atoms with Crippen LogP contribution in [0, 0.1) is 6.92 Å². The normalized spacial score (nSPS) is 27.6. The highest BCUT2D eigenvalue weighted by molar-refractivity contribution is 6.30. The van der Waals surface area contributed by atoms with Gasteiger partial charge in [0.25, 0.3) is 0 Å². The number of aliphatic hydroxyl groups is 4. The number of hydrogen-bond acceptors (Lipinski definition) is 10. The smallest absolute Gasteiger partial charge is 0.229 e. The van der Waals surface area contributed by atoms with Gasteiger partial charge in [0.15, 0.2) is 5.78 Å². The van der Waals surface area contributed by atoms with Crippen LogP contribution in [0.25, 0.3) is 0 Å². The Morgan fingerprint density at radius 2 is 1.58 bits per heavy atom. The summed E-state index contributed by atoms with van der Waals surface area (Å²) in [5.74, 6) is -2.53. The lowest BCUT2D eigenvalue weighted by molar-refractivity contribution is -0.277. The number of fused-ring (bicyclic) bond motifs is 2. The molecule has 2 aliphatic rings. The molecule has 1 aliphatic carbocycles. The molecule has 4 rings (SSSR count). The predicted molar refractivity (Wildman–Crippen MR) is 102 cm³/mol. The molecule has 1 heterocycles. The number of aliphatic hydroxyl groups excluding tert-OH is 4. The monoisotopic (exact) mass is 432 g/mol. The van der Waals surface area contributed by atoms with E-state index in [0.717, 1.165) is 12.1 Å². The molecule has 1 aliphatic heterocycles. The van der Waals surface area contributed by atoms with E-state index in [2.05, 4.69) is 0 Å². The maximum atomic E-state index is 13.2. The summed E-state index contributed by atoms with van der Waals surface area (Å²) < 4.78 is 10.8. The Labute approximate surface area is 175 Å². The Morgan fingerprint density at radius 1 is 0.903 bits per heavy atom. The molecule has 2 aromatic carbocycles. The van der Waals surface area contributed by atoms with Crippen LogP contribution in [-0.4, -0.2) is 79.5 Å². The molecule has 5 atom stereocenters. The number of ether oxygens (including phenoxy) is 2. The van der Waals surface area contributed by atoms with E-state index in [-0.39, 0.29) is 28.0 Å². The first kappa shape index (κ1) is 21.2. The second-order valence-electron chi connectivity index (χ2n) is 7.55. The molecular formula is C21H20O10. The number of carbonyl (C=O) groups excluding carboxylic acids is 2. The molecule has 2 aromatic rings. The summed E-state index contributed by atoms with van der Waals surface area (Å²) in [5, 5.41) is 59.8. The van der Waals surface area contributed by atoms with E-state index < -0.39 is 60.4 Å². The van der Waals surface area contributed by atoms with E-state index >= 15 is 0 Å². The summed E-state index contributed by atoms with van der Waals surface area (Å²) in [6.07, 6.45) is -8.02. The van der Waals surface area contributed by atoms with Crippen molar-refractivity contribution >= 4 is 11.6 Å².